The van der Waals surface area contributed by atoms with Gasteiger partial charge in [-0.1, -0.05) is 6.07 Å². The van der Waals surface area contributed by atoms with Crippen LogP contribution in [0.25, 0.3) is 0 Å². The van der Waals surface area contributed by atoms with E-state index in [0.717, 1.165) is 31.5 Å². The SMILES string of the molecule is CC(C)(O)C1CCCN1CC(O)COc1cccc(C(F)(F)F)c1. The first-order valence-electron chi connectivity index (χ1n) is 8.02. The highest BCUT2D eigenvalue weighted by atomic mass is 19.4. The molecule has 24 heavy (non-hydrogen) atoms. The smallest absolute Gasteiger partial charge is 0.416 e. The summed E-state index contributed by atoms with van der Waals surface area (Å²) in [7, 11) is 0. The Balaban J connectivity index is 1.88. The van der Waals surface area contributed by atoms with Crippen LogP contribution in [0.4, 0.5) is 13.2 Å². The summed E-state index contributed by atoms with van der Waals surface area (Å²) in [6.07, 6.45) is -3.48. The van der Waals surface area contributed by atoms with Crippen molar-refractivity contribution in [2.45, 2.75) is 50.6 Å². The predicted molar refractivity (Wildman–Crippen MR) is 83.8 cm³/mol. The Bertz CT molecular complexity index is 543. The molecule has 0 saturated carbocycles. The van der Waals surface area contributed by atoms with E-state index in [2.05, 4.69) is 0 Å². The zero-order valence-electron chi connectivity index (χ0n) is 13.9. The molecule has 0 bridgehead atoms. The number of β-amino-alcohol motifs (C(OH)–C–C–N with tert-alkyl or cyclic N) is 1. The van der Waals surface area contributed by atoms with Gasteiger partial charge in [-0.15, -0.1) is 0 Å². The van der Waals surface area contributed by atoms with Gasteiger partial charge >= 0.3 is 6.18 Å². The summed E-state index contributed by atoms with van der Waals surface area (Å²) in [4.78, 5) is 2.00. The van der Waals surface area contributed by atoms with Crippen LogP contribution in [0, 0.1) is 0 Å². The fraction of sp³-hybridized carbons (Fsp3) is 0.647. The van der Waals surface area contributed by atoms with Crippen LogP contribution < -0.4 is 4.74 Å². The number of nitrogens with zero attached hydrogens (tertiary/aromatic N) is 1. The van der Waals surface area contributed by atoms with Gasteiger partial charge < -0.3 is 14.9 Å². The zero-order valence-corrected chi connectivity index (χ0v) is 13.9. The number of benzene rings is 1. The molecule has 2 unspecified atom stereocenters. The molecule has 0 spiro atoms. The van der Waals surface area contributed by atoms with Crippen molar-refractivity contribution in [2.24, 2.45) is 0 Å². The molecule has 136 valence electrons. The van der Waals surface area contributed by atoms with Crippen LogP contribution in [0.3, 0.4) is 0 Å². The van der Waals surface area contributed by atoms with Gasteiger partial charge in [0.25, 0.3) is 0 Å². The second-order valence-corrected chi connectivity index (χ2v) is 6.80. The van der Waals surface area contributed by atoms with E-state index in [4.69, 9.17) is 4.74 Å². The van der Waals surface area contributed by atoms with Crippen molar-refractivity contribution in [1.29, 1.82) is 0 Å². The second kappa shape index (κ2) is 7.29. The first-order chi connectivity index (χ1) is 11.1. The number of hydrogen-bond donors (Lipinski definition) is 2. The van der Waals surface area contributed by atoms with Gasteiger partial charge in [0.1, 0.15) is 18.5 Å². The zero-order chi connectivity index (χ0) is 18.0. The third kappa shape index (κ3) is 5.09. The van der Waals surface area contributed by atoms with Crippen LogP contribution >= 0.6 is 0 Å². The van der Waals surface area contributed by atoms with Gasteiger partial charge in [-0.3, -0.25) is 4.90 Å². The third-order valence-corrected chi connectivity index (χ3v) is 4.23. The Hall–Kier alpha value is -1.31. The average molecular weight is 347 g/mol. The lowest BCUT2D eigenvalue weighted by Gasteiger charge is -2.34. The molecule has 2 rings (SSSR count). The molecule has 0 amide bonds. The van der Waals surface area contributed by atoms with Crippen molar-refractivity contribution in [3.8, 4) is 5.75 Å². The summed E-state index contributed by atoms with van der Waals surface area (Å²) in [5.41, 5.74) is -1.64. The lowest BCUT2D eigenvalue weighted by Crippen LogP contribution is -2.48. The highest BCUT2D eigenvalue weighted by Gasteiger charge is 2.36. The number of alkyl halides is 3. The number of rotatable bonds is 6. The average Bonchev–Trinajstić information content (AvgIpc) is 2.93. The first kappa shape index (κ1) is 19.0. The molecule has 0 aromatic heterocycles. The number of hydrogen-bond acceptors (Lipinski definition) is 4. The van der Waals surface area contributed by atoms with Crippen molar-refractivity contribution in [3.05, 3.63) is 29.8 Å². The summed E-state index contributed by atoms with van der Waals surface area (Å²) in [6.45, 7) is 4.46. The summed E-state index contributed by atoms with van der Waals surface area (Å²) >= 11 is 0. The molecule has 0 radical (unpaired) electrons. The van der Waals surface area contributed by atoms with Gasteiger partial charge in [-0.05, 0) is 51.4 Å². The van der Waals surface area contributed by atoms with Gasteiger partial charge in [0.2, 0.25) is 0 Å². The monoisotopic (exact) mass is 347 g/mol. The summed E-state index contributed by atoms with van der Waals surface area (Å²) < 4.78 is 43.3. The van der Waals surface area contributed by atoms with E-state index in [1.807, 2.05) is 4.90 Å². The Morgan fingerprint density at radius 2 is 2.04 bits per heavy atom. The Morgan fingerprint density at radius 3 is 2.67 bits per heavy atom. The van der Waals surface area contributed by atoms with E-state index in [0.29, 0.717) is 6.54 Å². The predicted octanol–water partition coefficient (Wildman–Crippen LogP) is 2.68. The first-order valence-corrected chi connectivity index (χ1v) is 8.02. The summed E-state index contributed by atoms with van der Waals surface area (Å²) in [5.74, 6) is 0.0735. The van der Waals surface area contributed by atoms with Crippen molar-refractivity contribution in [3.63, 3.8) is 0 Å². The molecule has 1 heterocycles. The highest BCUT2D eigenvalue weighted by Crippen LogP contribution is 2.31. The molecule has 1 aromatic rings. The van der Waals surface area contributed by atoms with E-state index >= 15 is 0 Å². The maximum Gasteiger partial charge on any atom is 0.416 e. The molecule has 1 fully saturated rings. The van der Waals surface area contributed by atoms with E-state index < -0.39 is 23.4 Å². The third-order valence-electron chi connectivity index (χ3n) is 4.23. The minimum atomic E-state index is -4.42. The van der Waals surface area contributed by atoms with Gasteiger partial charge in [0.15, 0.2) is 0 Å². The number of ether oxygens (including phenoxy) is 1. The minimum absolute atomic E-state index is 0.0410. The van der Waals surface area contributed by atoms with Crippen LogP contribution in [0.2, 0.25) is 0 Å². The van der Waals surface area contributed by atoms with E-state index in [1.165, 1.54) is 12.1 Å². The van der Waals surface area contributed by atoms with Crippen molar-refractivity contribution < 1.29 is 28.1 Å². The standard InChI is InChI=1S/C17H24F3NO3/c1-16(2,23)15-7-4-8-21(15)10-13(22)11-24-14-6-3-5-12(9-14)17(18,19)20/h3,5-6,9,13,15,22-23H,4,7-8,10-11H2,1-2H3. The topological polar surface area (TPSA) is 52.9 Å². The lowest BCUT2D eigenvalue weighted by molar-refractivity contribution is -0.137. The molecule has 1 saturated heterocycles. The number of likely N-dealkylation sites (tertiary alicyclic amines) is 1. The fourth-order valence-electron chi connectivity index (χ4n) is 3.12. The number of aliphatic hydroxyl groups is 2. The van der Waals surface area contributed by atoms with Crippen LogP contribution in [0.1, 0.15) is 32.3 Å². The molecular weight excluding hydrogens is 323 g/mol. The van der Waals surface area contributed by atoms with Gasteiger partial charge in [0.05, 0.1) is 11.2 Å². The molecule has 1 aliphatic rings. The van der Waals surface area contributed by atoms with Crippen LogP contribution in [0.15, 0.2) is 24.3 Å². The molecule has 4 nitrogen and oxygen atoms in total. The molecule has 0 aliphatic carbocycles. The van der Waals surface area contributed by atoms with Crippen LogP contribution in [0.5, 0.6) is 5.75 Å². The highest BCUT2D eigenvalue weighted by molar-refractivity contribution is 5.30. The van der Waals surface area contributed by atoms with E-state index in [-0.39, 0.29) is 18.4 Å². The fourth-order valence-corrected chi connectivity index (χ4v) is 3.12. The summed E-state index contributed by atoms with van der Waals surface area (Å²) in [6, 6.07) is 4.55. The van der Waals surface area contributed by atoms with E-state index in [1.54, 1.807) is 13.8 Å². The maximum atomic E-state index is 12.7. The molecule has 1 aromatic carbocycles. The molecule has 1 aliphatic heterocycles. The van der Waals surface area contributed by atoms with Gasteiger partial charge in [-0.2, -0.15) is 13.2 Å². The number of halogens is 3. The quantitative estimate of drug-likeness (QED) is 0.831. The van der Waals surface area contributed by atoms with Crippen molar-refractivity contribution in [2.75, 3.05) is 19.7 Å². The Morgan fingerprint density at radius 1 is 1.33 bits per heavy atom. The maximum absolute atomic E-state index is 12.7. The minimum Gasteiger partial charge on any atom is -0.491 e. The normalized spacial score (nSPS) is 21.0. The van der Waals surface area contributed by atoms with Gasteiger partial charge in [0, 0.05) is 12.6 Å². The van der Waals surface area contributed by atoms with E-state index in [9.17, 15) is 23.4 Å². The largest absolute Gasteiger partial charge is 0.491 e. The lowest BCUT2D eigenvalue weighted by atomic mass is 9.96. The molecular formula is C17H24F3NO3. The van der Waals surface area contributed by atoms with Crippen molar-refractivity contribution >= 4 is 0 Å². The Labute approximate surface area is 139 Å². The van der Waals surface area contributed by atoms with Crippen LogP contribution in [-0.4, -0.2) is 52.6 Å². The number of aliphatic hydroxyl groups excluding tert-OH is 1. The van der Waals surface area contributed by atoms with Crippen LogP contribution in [-0.2, 0) is 6.18 Å². The Kier molecular flexibility index (Phi) is 5.78. The molecule has 2 atom stereocenters. The van der Waals surface area contributed by atoms with Crippen molar-refractivity contribution in [1.82, 2.24) is 4.90 Å². The second-order valence-electron chi connectivity index (χ2n) is 6.80. The van der Waals surface area contributed by atoms with Gasteiger partial charge in [-0.25, -0.2) is 0 Å². The summed E-state index contributed by atoms with van der Waals surface area (Å²) in [5, 5.41) is 20.3. The molecule has 2 N–H and O–H groups in total. The molecule has 7 heteroatoms.